The predicted octanol–water partition coefficient (Wildman–Crippen LogP) is 4.34. The molecule has 0 aromatic heterocycles. The van der Waals surface area contributed by atoms with E-state index < -0.39 is 8.32 Å². The van der Waals surface area contributed by atoms with Crippen molar-refractivity contribution in [3.63, 3.8) is 0 Å². The van der Waals surface area contributed by atoms with Crippen LogP contribution in [0.3, 0.4) is 0 Å². The predicted molar refractivity (Wildman–Crippen MR) is 71.8 cm³/mol. The number of rotatable bonds is 6. The third kappa shape index (κ3) is 6.29. The van der Waals surface area contributed by atoms with Crippen molar-refractivity contribution in [1.29, 1.82) is 5.26 Å². The average Bonchev–Trinajstić information content (AvgIpc) is 2.12. The highest BCUT2D eigenvalue weighted by Gasteiger charge is 2.31. The Hall–Kier alpha value is -0.333. The van der Waals surface area contributed by atoms with Crippen molar-refractivity contribution in [2.24, 2.45) is 5.41 Å². The molecule has 94 valence electrons. The summed E-state index contributed by atoms with van der Waals surface area (Å²) in [6, 6.07) is 3.29. The molecule has 16 heavy (non-hydrogen) atoms. The molecule has 0 fully saturated rings. The third-order valence-corrected chi connectivity index (χ3v) is 5.35. The van der Waals surface area contributed by atoms with E-state index in [0.717, 1.165) is 18.9 Å². The number of nitrogens with zero attached hydrogens (tertiary/aromatic N) is 1. The molecule has 0 saturated heterocycles. The highest BCUT2D eigenvalue weighted by molar-refractivity contribution is 6.71. The van der Waals surface area contributed by atoms with Crippen LogP contribution in [0.5, 0.6) is 0 Å². The molecule has 0 rings (SSSR count). The minimum Gasteiger partial charge on any atom is -0.414 e. The van der Waals surface area contributed by atoms with Crippen molar-refractivity contribution in [1.82, 2.24) is 0 Å². The van der Waals surface area contributed by atoms with E-state index in [-0.39, 0.29) is 5.41 Å². The molecule has 0 amide bonds. The molecule has 1 atom stereocenters. The van der Waals surface area contributed by atoms with E-state index in [1.54, 1.807) is 0 Å². The Morgan fingerprint density at radius 1 is 1.31 bits per heavy atom. The van der Waals surface area contributed by atoms with Crippen LogP contribution in [0, 0.1) is 16.7 Å². The van der Waals surface area contributed by atoms with Gasteiger partial charge in [0.1, 0.15) is 0 Å². The maximum atomic E-state index is 8.55. The molecule has 0 radical (unpaired) electrons. The molecular formula is C13H27NOSi. The van der Waals surface area contributed by atoms with E-state index in [1.807, 2.05) is 0 Å². The first-order valence-electron chi connectivity index (χ1n) is 6.27. The van der Waals surface area contributed by atoms with Gasteiger partial charge in [0.15, 0.2) is 8.32 Å². The van der Waals surface area contributed by atoms with E-state index in [2.05, 4.69) is 46.9 Å². The van der Waals surface area contributed by atoms with Crippen LogP contribution in [0.2, 0.25) is 19.1 Å². The maximum absolute atomic E-state index is 8.55. The van der Waals surface area contributed by atoms with Crippen LogP contribution in [0.25, 0.3) is 0 Å². The standard InChI is InChI=1S/C13H27NOSi/c1-7-12(13(2,3)4)15-16(5,6)11-9-8-10-14/h12H,7-9,11H2,1-6H3. The van der Waals surface area contributed by atoms with Gasteiger partial charge in [-0.15, -0.1) is 0 Å². The SMILES string of the molecule is CCC(O[Si](C)(C)CCCC#N)C(C)(C)C. The minimum atomic E-state index is -1.59. The monoisotopic (exact) mass is 241 g/mol. The largest absolute Gasteiger partial charge is 0.414 e. The van der Waals surface area contributed by atoms with Crippen molar-refractivity contribution >= 4 is 8.32 Å². The van der Waals surface area contributed by atoms with Crippen LogP contribution in [-0.2, 0) is 4.43 Å². The zero-order valence-corrected chi connectivity index (χ0v) is 12.8. The van der Waals surface area contributed by atoms with Gasteiger partial charge >= 0.3 is 0 Å². The number of hydrogen-bond donors (Lipinski definition) is 0. The molecular weight excluding hydrogens is 214 g/mol. The Bertz CT molecular complexity index is 237. The van der Waals surface area contributed by atoms with Gasteiger partial charge in [0.05, 0.1) is 6.07 Å². The Labute approximate surface area is 102 Å². The van der Waals surface area contributed by atoms with Crippen LogP contribution in [-0.4, -0.2) is 14.4 Å². The summed E-state index contributed by atoms with van der Waals surface area (Å²) in [6.07, 6.45) is 3.05. The molecule has 3 heteroatoms. The summed E-state index contributed by atoms with van der Waals surface area (Å²) in [5.74, 6) is 0. The fourth-order valence-electron chi connectivity index (χ4n) is 1.91. The lowest BCUT2D eigenvalue weighted by molar-refractivity contribution is 0.0748. The van der Waals surface area contributed by atoms with Gasteiger partial charge in [0.25, 0.3) is 0 Å². The van der Waals surface area contributed by atoms with Crippen molar-refractivity contribution in [2.45, 2.75) is 72.2 Å². The van der Waals surface area contributed by atoms with Gasteiger partial charge in [-0.2, -0.15) is 5.26 Å². The van der Waals surface area contributed by atoms with Gasteiger partial charge in [-0.25, -0.2) is 0 Å². The second-order valence-corrected chi connectivity index (χ2v) is 10.4. The molecule has 1 unspecified atom stereocenters. The van der Waals surface area contributed by atoms with Crippen molar-refractivity contribution in [3.05, 3.63) is 0 Å². The molecule has 0 saturated carbocycles. The van der Waals surface area contributed by atoms with E-state index >= 15 is 0 Å². The lowest BCUT2D eigenvalue weighted by Crippen LogP contribution is -2.41. The summed E-state index contributed by atoms with van der Waals surface area (Å²) in [7, 11) is -1.59. The smallest absolute Gasteiger partial charge is 0.187 e. The zero-order chi connectivity index (χ0) is 12.8. The number of hydrogen-bond acceptors (Lipinski definition) is 2. The lowest BCUT2D eigenvalue weighted by atomic mass is 9.88. The highest BCUT2D eigenvalue weighted by Crippen LogP contribution is 2.29. The molecule has 0 N–H and O–H groups in total. The molecule has 0 aromatic carbocycles. The Kier molecular flexibility index (Phi) is 6.28. The van der Waals surface area contributed by atoms with Gasteiger partial charge in [-0.1, -0.05) is 27.7 Å². The fraction of sp³-hybridized carbons (Fsp3) is 0.923. The summed E-state index contributed by atoms with van der Waals surface area (Å²) >= 11 is 0. The number of nitriles is 1. The average molecular weight is 241 g/mol. The molecule has 0 aromatic rings. The van der Waals surface area contributed by atoms with Gasteiger partial charge in [-0.05, 0) is 37.4 Å². The Morgan fingerprint density at radius 3 is 2.25 bits per heavy atom. The molecule has 0 aliphatic rings. The first kappa shape index (κ1) is 15.7. The molecule has 0 bridgehead atoms. The van der Waals surface area contributed by atoms with Gasteiger partial charge in [0.2, 0.25) is 0 Å². The minimum absolute atomic E-state index is 0.217. The normalized spacial score (nSPS) is 14.6. The van der Waals surface area contributed by atoms with Crippen LogP contribution in [0.1, 0.15) is 47.0 Å². The summed E-state index contributed by atoms with van der Waals surface area (Å²) in [5, 5.41) is 8.55. The fourth-order valence-corrected chi connectivity index (χ4v) is 4.35. The Morgan fingerprint density at radius 2 is 1.88 bits per heavy atom. The third-order valence-electron chi connectivity index (χ3n) is 2.87. The van der Waals surface area contributed by atoms with Crippen LogP contribution in [0.15, 0.2) is 0 Å². The summed E-state index contributed by atoms with van der Waals surface area (Å²) < 4.78 is 6.33. The summed E-state index contributed by atoms with van der Waals surface area (Å²) in [4.78, 5) is 0. The second-order valence-electron chi connectivity index (χ2n) is 6.15. The first-order valence-corrected chi connectivity index (χ1v) is 9.39. The topological polar surface area (TPSA) is 33.0 Å². The van der Waals surface area contributed by atoms with Crippen LogP contribution in [0.4, 0.5) is 0 Å². The van der Waals surface area contributed by atoms with E-state index in [4.69, 9.17) is 9.69 Å². The molecule has 0 heterocycles. The van der Waals surface area contributed by atoms with Crippen molar-refractivity contribution < 1.29 is 4.43 Å². The van der Waals surface area contributed by atoms with Crippen LogP contribution < -0.4 is 0 Å². The van der Waals surface area contributed by atoms with E-state index in [0.29, 0.717) is 12.5 Å². The quantitative estimate of drug-likeness (QED) is 0.512. The van der Waals surface area contributed by atoms with Gasteiger partial charge in [-0.3, -0.25) is 0 Å². The highest BCUT2D eigenvalue weighted by atomic mass is 28.4. The van der Waals surface area contributed by atoms with E-state index in [1.165, 1.54) is 0 Å². The first-order chi connectivity index (χ1) is 7.23. The lowest BCUT2D eigenvalue weighted by Gasteiger charge is -2.36. The Balaban J connectivity index is 4.27. The summed E-state index contributed by atoms with van der Waals surface area (Å²) in [6.45, 7) is 13.4. The van der Waals surface area contributed by atoms with Gasteiger partial charge in [0, 0.05) is 12.5 Å². The maximum Gasteiger partial charge on any atom is 0.187 e. The van der Waals surface area contributed by atoms with Crippen molar-refractivity contribution in [3.8, 4) is 6.07 Å². The van der Waals surface area contributed by atoms with Gasteiger partial charge < -0.3 is 4.43 Å². The molecule has 2 nitrogen and oxygen atoms in total. The summed E-state index contributed by atoms with van der Waals surface area (Å²) in [5.41, 5.74) is 0.217. The van der Waals surface area contributed by atoms with Crippen LogP contribution >= 0.6 is 0 Å². The second kappa shape index (κ2) is 6.41. The zero-order valence-electron chi connectivity index (χ0n) is 11.8. The number of unbranched alkanes of at least 4 members (excludes halogenated alkanes) is 1. The molecule has 0 aliphatic carbocycles. The molecule has 0 aliphatic heterocycles. The molecule has 0 spiro atoms. The van der Waals surface area contributed by atoms with E-state index in [9.17, 15) is 0 Å². The van der Waals surface area contributed by atoms with Crippen molar-refractivity contribution in [2.75, 3.05) is 0 Å².